The molecule has 0 saturated carbocycles. The van der Waals surface area contributed by atoms with E-state index in [1.165, 1.54) is 4.21 Å². The minimum Gasteiger partial charge on any atom is -0.497 e. The van der Waals surface area contributed by atoms with Crippen LogP contribution < -0.4 is 4.74 Å². The van der Waals surface area contributed by atoms with Crippen molar-refractivity contribution in [3.05, 3.63) is 53.3 Å². The van der Waals surface area contributed by atoms with E-state index in [1.54, 1.807) is 48.4 Å². The third-order valence-corrected chi connectivity index (χ3v) is 9.11. The van der Waals surface area contributed by atoms with Crippen molar-refractivity contribution in [2.45, 2.75) is 48.3 Å². The fraction of sp³-hybridized carbons (Fsp3) is 0.462. The van der Waals surface area contributed by atoms with Crippen LogP contribution >= 0.6 is 23.1 Å². The lowest BCUT2D eigenvalue weighted by molar-refractivity contribution is -0.139. The van der Waals surface area contributed by atoms with Gasteiger partial charge >= 0.3 is 5.97 Å². The molecule has 4 unspecified atom stereocenters. The lowest BCUT2D eigenvalue weighted by Gasteiger charge is -2.41. The summed E-state index contributed by atoms with van der Waals surface area (Å²) in [5.41, 5.74) is 0.817. The Morgan fingerprint density at radius 3 is 2.91 bits per heavy atom. The van der Waals surface area contributed by atoms with E-state index in [-0.39, 0.29) is 29.2 Å². The zero-order valence-corrected chi connectivity index (χ0v) is 21.5. The van der Waals surface area contributed by atoms with Crippen molar-refractivity contribution in [3.8, 4) is 5.75 Å². The van der Waals surface area contributed by atoms with Gasteiger partial charge in [-0.05, 0) is 74.2 Å². The molecule has 2 aromatic heterocycles. The summed E-state index contributed by atoms with van der Waals surface area (Å²) in [4.78, 5) is 18.1. The number of carboxylic acids is 1. The molecule has 0 radical (unpaired) electrons. The minimum atomic E-state index is -1.01. The summed E-state index contributed by atoms with van der Waals surface area (Å²) < 4.78 is 21.3. The van der Waals surface area contributed by atoms with Gasteiger partial charge < -0.3 is 14.9 Å². The van der Waals surface area contributed by atoms with Gasteiger partial charge in [-0.25, -0.2) is 4.39 Å². The van der Waals surface area contributed by atoms with Crippen molar-refractivity contribution in [2.75, 3.05) is 20.2 Å². The van der Waals surface area contributed by atoms with Crippen LogP contribution in [0, 0.1) is 17.7 Å². The first kappa shape index (κ1) is 25.9. The molecule has 0 aliphatic carbocycles. The van der Waals surface area contributed by atoms with E-state index in [9.17, 15) is 19.4 Å². The molecule has 1 fully saturated rings. The summed E-state index contributed by atoms with van der Waals surface area (Å²) in [6.07, 6.45) is 2.07. The van der Waals surface area contributed by atoms with Crippen LogP contribution in [0.2, 0.25) is 0 Å². The van der Waals surface area contributed by atoms with Gasteiger partial charge in [0.15, 0.2) is 0 Å². The average Bonchev–Trinajstić information content (AvgIpc) is 3.35. The zero-order valence-electron chi connectivity index (χ0n) is 19.9. The molecule has 9 heteroatoms. The number of nitrogens with zero attached hydrogens (tertiary/aromatic N) is 2. The Labute approximate surface area is 213 Å². The van der Waals surface area contributed by atoms with Gasteiger partial charge in [-0.1, -0.05) is 17.8 Å². The van der Waals surface area contributed by atoms with Gasteiger partial charge in [-0.15, -0.1) is 11.3 Å². The molecular weight excluding hydrogens is 487 g/mol. The highest BCUT2D eigenvalue weighted by molar-refractivity contribution is 8.01. The van der Waals surface area contributed by atoms with Crippen LogP contribution in [0.4, 0.5) is 4.39 Å². The van der Waals surface area contributed by atoms with Crippen LogP contribution in [-0.2, 0) is 4.79 Å². The molecule has 35 heavy (non-hydrogen) atoms. The molecule has 4 atom stereocenters. The van der Waals surface area contributed by atoms with Gasteiger partial charge in [-0.2, -0.15) is 0 Å². The van der Waals surface area contributed by atoms with Crippen LogP contribution in [-0.4, -0.2) is 51.6 Å². The lowest BCUT2D eigenvalue weighted by Crippen LogP contribution is -2.44. The number of hydrogen-bond donors (Lipinski definition) is 2. The fourth-order valence-electron chi connectivity index (χ4n) is 5.00. The maximum absolute atomic E-state index is 14.8. The normalized spacial score (nSPS) is 20.6. The molecule has 4 rings (SSSR count). The molecule has 0 amide bonds. The molecule has 0 spiro atoms. The second kappa shape index (κ2) is 11.7. The van der Waals surface area contributed by atoms with Crippen LogP contribution in [0.5, 0.6) is 5.75 Å². The minimum absolute atomic E-state index is 0.0149. The number of aliphatic hydroxyl groups is 1. The van der Waals surface area contributed by atoms with Crippen molar-refractivity contribution in [1.82, 2.24) is 9.88 Å². The highest BCUT2D eigenvalue weighted by atomic mass is 32.2. The van der Waals surface area contributed by atoms with Gasteiger partial charge in [0, 0.05) is 23.9 Å². The van der Waals surface area contributed by atoms with Gasteiger partial charge in [0.1, 0.15) is 11.6 Å². The van der Waals surface area contributed by atoms with Crippen molar-refractivity contribution in [2.24, 2.45) is 11.8 Å². The summed E-state index contributed by atoms with van der Waals surface area (Å²) in [5, 5.41) is 23.4. The van der Waals surface area contributed by atoms with Crippen LogP contribution in [0.15, 0.2) is 46.1 Å². The number of piperidine rings is 1. The summed E-state index contributed by atoms with van der Waals surface area (Å²) in [6, 6.07) is 9.34. The Bertz CT molecular complexity index is 1140. The second-order valence-electron chi connectivity index (χ2n) is 9.05. The van der Waals surface area contributed by atoms with E-state index >= 15 is 0 Å². The van der Waals surface area contributed by atoms with Crippen LogP contribution in [0.1, 0.15) is 44.3 Å². The van der Waals surface area contributed by atoms with Gasteiger partial charge in [-0.3, -0.25) is 14.7 Å². The number of likely N-dealkylation sites (tertiary alicyclic amines) is 1. The van der Waals surface area contributed by atoms with Crippen molar-refractivity contribution in [3.63, 3.8) is 0 Å². The molecule has 1 aromatic carbocycles. The molecule has 0 bridgehead atoms. The van der Waals surface area contributed by atoms with Crippen molar-refractivity contribution in [1.29, 1.82) is 0 Å². The standard InChI is InChI=1S/C26H31FN2O4S2/c1-16(35-25-4-3-11-34-25)29-10-9-17(18(15-29)12-24(31)32)5-8-23(30)26-20-13-19(33-2)6-7-22(20)28-14-21(26)27/h3-4,6-7,11,13-14,16-18,23,30H,5,8-10,12,15H2,1-2H3,(H,31,32). The maximum Gasteiger partial charge on any atom is 0.303 e. The van der Waals surface area contributed by atoms with Crippen LogP contribution in [0.25, 0.3) is 10.9 Å². The number of aliphatic carboxylic acids is 1. The van der Waals surface area contributed by atoms with Crippen LogP contribution in [0.3, 0.4) is 0 Å². The lowest BCUT2D eigenvalue weighted by atomic mass is 9.79. The number of pyridine rings is 1. The predicted molar refractivity (Wildman–Crippen MR) is 138 cm³/mol. The number of benzene rings is 1. The molecule has 3 heterocycles. The van der Waals surface area contributed by atoms with Gasteiger partial charge in [0.25, 0.3) is 0 Å². The number of ether oxygens (including phenoxy) is 1. The second-order valence-corrected chi connectivity index (χ2v) is 11.6. The van der Waals surface area contributed by atoms with Gasteiger partial charge in [0.05, 0.1) is 34.5 Å². The first-order valence-electron chi connectivity index (χ1n) is 11.8. The number of carboxylic acid groups (broad SMARTS) is 1. The summed E-state index contributed by atoms with van der Waals surface area (Å²) in [7, 11) is 1.54. The molecular formula is C26H31FN2O4S2. The Balaban J connectivity index is 1.44. The monoisotopic (exact) mass is 518 g/mol. The Morgan fingerprint density at radius 1 is 1.37 bits per heavy atom. The van der Waals surface area contributed by atoms with Crippen molar-refractivity contribution >= 4 is 40.0 Å². The molecule has 6 nitrogen and oxygen atoms in total. The number of aliphatic hydroxyl groups excluding tert-OH is 1. The maximum atomic E-state index is 14.8. The number of hydrogen-bond acceptors (Lipinski definition) is 7. The Kier molecular flexibility index (Phi) is 8.64. The third-order valence-electron chi connectivity index (χ3n) is 6.87. The summed E-state index contributed by atoms with van der Waals surface area (Å²) in [5.74, 6) is -0.642. The number of fused-ring (bicyclic) bond motifs is 1. The van der Waals surface area contributed by atoms with E-state index < -0.39 is 17.9 Å². The van der Waals surface area contributed by atoms with E-state index in [2.05, 4.69) is 28.3 Å². The largest absolute Gasteiger partial charge is 0.497 e. The third kappa shape index (κ3) is 6.33. The first-order valence-corrected chi connectivity index (χ1v) is 13.6. The molecule has 1 aliphatic heterocycles. The Morgan fingerprint density at radius 2 is 2.20 bits per heavy atom. The quantitative estimate of drug-likeness (QED) is 0.328. The SMILES string of the molecule is COc1ccc2ncc(F)c(C(O)CCC3CCN(C(C)Sc4cccs4)CC3CC(=O)O)c2c1. The molecule has 1 aliphatic rings. The molecule has 1 saturated heterocycles. The predicted octanol–water partition coefficient (Wildman–Crippen LogP) is 5.81. The summed E-state index contributed by atoms with van der Waals surface area (Å²) >= 11 is 3.51. The molecule has 2 N–H and O–H groups in total. The van der Waals surface area contributed by atoms with E-state index in [1.807, 2.05) is 6.07 Å². The van der Waals surface area contributed by atoms with E-state index in [0.29, 0.717) is 36.0 Å². The number of thioether (sulfide) groups is 1. The first-order chi connectivity index (χ1) is 16.9. The number of halogens is 1. The Hall–Kier alpha value is -2.20. The van der Waals surface area contributed by atoms with Crippen molar-refractivity contribution < 1.29 is 24.1 Å². The molecule has 3 aromatic rings. The molecule has 188 valence electrons. The summed E-state index contributed by atoms with van der Waals surface area (Å²) in [6.45, 7) is 3.74. The van der Waals surface area contributed by atoms with E-state index in [4.69, 9.17) is 4.74 Å². The smallest absolute Gasteiger partial charge is 0.303 e. The number of methoxy groups -OCH3 is 1. The van der Waals surface area contributed by atoms with Gasteiger partial charge in [0.2, 0.25) is 0 Å². The zero-order chi connectivity index (χ0) is 24.9. The number of thiophene rings is 1. The highest BCUT2D eigenvalue weighted by Gasteiger charge is 2.33. The number of carbonyl (C=O) groups is 1. The number of aromatic nitrogens is 1. The highest BCUT2D eigenvalue weighted by Crippen LogP contribution is 2.38. The number of rotatable bonds is 10. The topological polar surface area (TPSA) is 82.9 Å². The van der Waals surface area contributed by atoms with E-state index in [0.717, 1.165) is 19.2 Å². The average molecular weight is 519 g/mol. The fourth-order valence-corrected chi connectivity index (χ4v) is 7.09.